The zero-order valence-corrected chi connectivity index (χ0v) is 11.8. The van der Waals surface area contributed by atoms with Crippen molar-refractivity contribution in [3.8, 4) is 5.75 Å². The van der Waals surface area contributed by atoms with Crippen LogP contribution in [-0.2, 0) is 7.05 Å². The molecule has 0 unspecified atom stereocenters. The Hall–Kier alpha value is 0.241. The fourth-order valence-corrected chi connectivity index (χ4v) is 1.03. The molecule has 1 rings (SSSR count). The molecule has 0 radical (unpaired) electrons. The Balaban J connectivity index is 0.00000196. The van der Waals surface area contributed by atoms with Gasteiger partial charge in [-0.05, 0) is 12.3 Å². The van der Waals surface area contributed by atoms with Gasteiger partial charge in [-0.15, -0.1) is 0 Å². The molecule has 1 aromatic rings. The summed E-state index contributed by atoms with van der Waals surface area (Å²) < 4.78 is 42.3. The number of hydrogen-bond donors (Lipinski definition) is 0. The first-order valence-electron chi connectivity index (χ1n) is 3.80. The van der Waals surface area contributed by atoms with Crippen molar-refractivity contribution in [3.63, 3.8) is 0 Å². The minimum absolute atomic E-state index is 0. The van der Waals surface area contributed by atoms with E-state index in [0.29, 0.717) is 6.07 Å². The predicted molar refractivity (Wildman–Crippen MR) is 46.9 cm³/mol. The largest absolute Gasteiger partial charge is 1.00 e. The quantitative estimate of drug-likeness (QED) is 0.537. The molecule has 78 valence electrons. The number of aryl methyl sites for hydroxylation is 1. The van der Waals surface area contributed by atoms with Gasteiger partial charge in [0.2, 0.25) is 0 Å². The third kappa shape index (κ3) is 3.63. The van der Waals surface area contributed by atoms with Crippen molar-refractivity contribution in [2.24, 2.45) is 7.05 Å². The summed E-state index contributed by atoms with van der Waals surface area (Å²) in [5.41, 5.74) is -1.43. The summed E-state index contributed by atoms with van der Waals surface area (Å²) in [7, 11) is 2.40. The van der Waals surface area contributed by atoms with E-state index in [9.17, 15) is 17.7 Å². The van der Waals surface area contributed by atoms with Crippen LogP contribution in [0.15, 0.2) is 17.1 Å². The van der Waals surface area contributed by atoms with Gasteiger partial charge in [0, 0.05) is 7.05 Å². The molecule has 0 aliphatic heterocycles. The van der Waals surface area contributed by atoms with Crippen molar-refractivity contribution in [3.05, 3.63) is 22.6 Å². The maximum atomic E-state index is 12.3. The van der Waals surface area contributed by atoms with Crippen LogP contribution < -0.4 is 67.1 Å². The van der Waals surface area contributed by atoms with Gasteiger partial charge in [0.1, 0.15) is 0 Å². The molecule has 0 aliphatic rings. The Morgan fingerprint density at radius 2 is 1.93 bits per heavy atom. The SMILES string of the molecule is COc1cc([B-](F)(F)F)cn(C)c1=O.[K+]. The van der Waals surface area contributed by atoms with E-state index in [0.717, 1.165) is 17.9 Å². The summed E-state index contributed by atoms with van der Waals surface area (Å²) in [4.78, 5) is 11.2. The number of aromatic nitrogens is 1. The molecule has 0 bridgehead atoms. The van der Waals surface area contributed by atoms with E-state index in [4.69, 9.17) is 0 Å². The average Bonchev–Trinajstić information content (AvgIpc) is 2.07. The number of pyridine rings is 1. The summed E-state index contributed by atoms with van der Waals surface area (Å²) in [6, 6.07) is 0.711. The fraction of sp³-hybridized carbons (Fsp3) is 0.286. The van der Waals surface area contributed by atoms with Crippen molar-refractivity contribution >= 4 is 12.4 Å². The van der Waals surface area contributed by atoms with E-state index in [1.165, 1.54) is 7.05 Å². The topological polar surface area (TPSA) is 31.2 Å². The molecule has 3 nitrogen and oxygen atoms in total. The normalized spacial score (nSPS) is 10.7. The number of methoxy groups -OCH3 is 1. The Morgan fingerprint density at radius 3 is 2.33 bits per heavy atom. The minimum Gasteiger partial charge on any atom is -0.491 e. The summed E-state index contributed by atoms with van der Waals surface area (Å²) in [6.45, 7) is -5.10. The third-order valence-electron chi connectivity index (χ3n) is 1.77. The summed E-state index contributed by atoms with van der Waals surface area (Å²) in [6.07, 6.45) is 0.755. The van der Waals surface area contributed by atoms with Gasteiger partial charge in [-0.2, -0.15) is 0 Å². The van der Waals surface area contributed by atoms with E-state index in [2.05, 4.69) is 4.74 Å². The molecule has 0 aliphatic carbocycles. The zero-order chi connectivity index (χ0) is 10.9. The van der Waals surface area contributed by atoms with Gasteiger partial charge in [-0.1, -0.05) is 5.46 Å². The molecule has 0 amide bonds. The summed E-state index contributed by atoms with van der Waals surface area (Å²) in [5.74, 6) is -0.302. The van der Waals surface area contributed by atoms with Crippen molar-refractivity contribution in [1.29, 1.82) is 0 Å². The molecule has 8 heteroatoms. The van der Waals surface area contributed by atoms with E-state index >= 15 is 0 Å². The molecule has 1 aromatic heterocycles. The van der Waals surface area contributed by atoms with Gasteiger partial charge in [0.15, 0.2) is 5.75 Å². The molecule has 0 atom stereocenters. The number of rotatable bonds is 2. The molecule has 0 saturated heterocycles. The number of hydrogen-bond acceptors (Lipinski definition) is 2. The van der Waals surface area contributed by atoms with E-state index in [1.54, 1.807) is 0 Å². The Bertz CT molecular complexity index is 404. The molecular weight excluding hydrogens is 237 g/mol. The third-order valence-corrected chi connectivity index (χ3v) is 1.77. The van der Waals surface area contributed by atoms with Crippen LogP contribution in [0.3, 0.4) is 0 Å². The molecule has 0 saturated carbocycles. The van der Waals surface area contributed by atoms with Gasteiger partial charge in [0.05, 0.1) is 7.11 Å². The van der Waals surface area contributed by atoms with Crippen LogP contribution >= 0.6 is 0 Å². The predicted octanol–water partition coefficient (Wildman–Crippen LogP) is -2.55. The van der Waals surface area contributed by atoms with Crippen LogP contribution in [0.25, 0.3) is 0 Å². The maximum absolute atomic E-state index is 12.3. The second kappa shape index (κ2) is 5.53. The molecule has 0 fully saturated rings. The number of ether oxygens (including phenoxy) is 1. The monoisotopic (exact) mass is 245 g/mol. The van der Waals surface area contributed by atoms with Crippen molar-refractivity contribution in [2.75, 3.05) is 7.11 Å². The second-order valence-electron chi connectivity index (χ2n) is 2.83. The van der Waals surface area contributed by atoms with Gasteiger partial charge < -0.3 is 22.3 Å². The van der Waals surface area contributed by atoms with Crippen LogP contribution in [0.2, 0.25) is 0 Å². The Labute approximate surface area is 127 Å². The number of halogens is 3. The Kier molecular flexibility index (Phi) is 5.62. The second-order valence-corrected chi connectivity index (χ2v) is 2.83. The summed E-state index contributed by atoms with van der Waals surface area (Å²) >= 11 is 0. The molecule has 0 spiro atoms. The van der Waals surface area contributed by atoms with E-state index < -0.39 is 18.0 Å². The smallest absolute Gasteiger partial charge is 0.491 e. The van der Waals surface area contributed by atoms with Gasteiger partial charge in [-0.3, -0.25) is 4.79 Å². The summed E-state index contributed by atoms with van der Waals surface area (Å²) in [5, 5.41) is 0. The van der Waals surface area contributed by atoms with Gasteiger partial charge in [0.25, 0.3) is 5.56 Å². The van der Waals surface area contributed by atoms with Crippen molar-refractivity contribution in [1.82, 2.24) is 4.57 Å². The van der Waals surface area contributed by atoms with Crippen molar-refractivity contribution in [2.45, 2.75) is 0 Å². The minimum atomic E-state index is -5.10. The van der Waals surface area contributed by atoms with E-state index in [-0.39, 0.29) is 57.1 Å². The first-order valence-corrected chi connectivity index (χ1v) is 3.80. The van der Waals surface area contributed by atoms with Crippen LogP contribution in [0.4, 0.5) is 12.9 Å². The maximum Gasteiger partial charge on any atom is 1.00 e. The van der Waals surface area contributed by atoms with Crippen LogP contribution in [0.5, 0.6) is 5.75 Å². The van der Waals surface area contributed by atoms with Crippen LogP contribution in [-0.4, -0.2) is 18.7 Å². The first kappa shape index (κ1) is 15.2. The molecule has 0 N–H and O–H groups in total. The van der Waals surface area contributed by atoms with Crippen LogP contribution in [0.1, 0.15) is 0 Å². The first-order chi connectivity index (χ1) is 6.36. The van der Waals surface area contributed by atoms with Gasteiger partial charge >= 0.3 is 58.4 Å². The standard InChI is InChI=1S/C7H8BF3NO2.K/c1-12-4-5(8(9,10)11)3-6(14-2)7(12)13;/h3-4H,1-2H3;/q-1;+1. The average molecular weight is 245 g/mol. The molecule has 1 heterocycles. The molecule has 0 aromatic carbocycles. The Morgan fingerprint density at radius 1 is 1.40 bits per heavy atom. The zero-order valence-electron chi connectivity index (χ0n) is 8.63. The van der Waals surface area contributed by atoms with Crippen molar-refractivity contribution < 1.29 is 69.1 Å². The van der Waals surface area contributed by atoms with Crippen LogP contribution in [0, 0.1) is 0 Å². The fourth-order valence-electron chi connectivity index (χ4n) is 1.03. The number of nitrogens with zero attached hydrogens (tertiary/aromatic N) is 1. The molecular formula is C7H8BF3KNO2. The van der Waals surface area contributed by atoms with E-state index in [1.807, 2.05) is 0 Å². The molecule has 15 heavy (non-hydrogen) atoms. The van der Waals surface area contributed by atoms with Gasteiger partial charge in [-0.25, -0.2) is 0 Å².